The molecule has 1 atom stereocenters. The second-order valence-corrected chi connectivity index (χ2v) is 8.86. The van der Waals surface area contributed by atoms with E-state index in [2.05, 4.69) is 4.98 Å². The van der Waals surface area contributed by atoms with Gasteiger partial charge in [-0.15, -0.1) is 0 Å². The van der Waals surface area contributed by atoms with Gasteiger partial charge in [-0.3, -0.25) is 14.4 Å². The zero-order chi connectivity index (χ0) is 20.4. The number of aromatic amines is 1. The van der Waals surface area contributed by atoms with E-state index < -0.39 is 0 Å². The molecule has 0 aromatic carbocycles. The maximum Gasteiger partial charge on any atom is 0.251 e. The number of carbonyl (C=O) groups is 2. The second-order valence-electron chi connectivity index (χ2n) is 8.86. The van der Waals surface area contributed by atoms with Crippen molar-refractivity contribution >= 4 is 11.8 Å². The first-order valence-electron chi connectivity index (χ1n) is 11.2. The summed E-state index contributed by atoms with van der Waals surface area (Å²) in [5.41, 5.74) is 0.702. The van der Waals surface area contributed by atoms with Crippen LogP contribution in [0.15, 0.2) is 10.9 Å². The SMILES string of the molecule is CCCC(=O)N1CCCC(c2cc(=O)[nH]c(C3CCN(C(=O)C4CC4)CC3)n2)C1. The summed E-state index contributed by atoms with van der Waals surface area (Å²) in [4.78, 5) is 48.6. The number of rotatable bonds is 5. The number of likely N-dealkylation sites (tertiary alicyclic amines) is 2. The van der Waals surface area contributed by atoms with Gasteiger partial charge in [-0.2, -0.15) is 0 Å². The van der Waals surface area contributed by atoms with Gasteiger partial charge < -0.3 is 14.8 Å². The van der Waals surface area contributed by atoms with Crippen molar-refractivity contribution in [3.63, 3.8) is 0 Å². The molecule has 0 spiro atoms. The molecule has 2 amide bonds. The number of carbonyl (C=O) groups excluding carboxylic acids is 2. The van der Waals surface area contributed by atoms with E-state index in [1.54, 1.807) is 6.07 Å². The summed E-state index contributed by atoms with van der Waals surface area (Å²) < 4.78 is 0. The third kappa shape index (κ3) is 4.70. The smallest absolute Gasteiger partial charge is 0.251 e. The van der Waals surface area contributed by atoms with Gasteiger partial charge in [0.1, 0.15) is 5.82 Å². The van der Waals surface area contributed by atoms with Crippen molar-refractivity contribution in [3.05, 3.63) is 27.9 Å². The number of amides is 2. The van der Waals surface area contributed by atoms with Gasteiger partial charge in [0, 0.05) is 56.4 Å². The molecular weight excluding hydrogens is 368 g/mol. The van der Waals surface area contributed by atoms with Crippen LogP contribution < -0.4 is 5.56 Å². The van der Waals surface area contributed by atoms with Crippen LogP contribution in [0.3, 0.4) is 0 Å². The Morgan fingerprint density at radius 3 is 2.52 bits per heavy atom. The van der Waals surface area contributed by atoms with Gasteiger partial charge in [0.15, 0.2) is 0 Å². The highest BCUT2D eigenvalue weighted by Crippen LogP contribution is 2.34. The Balaban J connectivity index is 1.43. The average molecular weight is 401 g/mol. The van der Waals surface area contributed by atoms with E-state index >= 15 is 0 Å². The van der Waals surface area contributed by atoms with Gasteiger partial charge >= 0.3 is 0 Å². The number of aromatic nitrogens is 2. The Labute approximate surface area is 171 Å². The lowest BCUT2D eigenvalue weighted by molar-refractivity contribution is -0.134. The van der Waals surface area contributed by atoms with E-state index in [4.69, 9.17) is 4.98 Å². The van der Waals surface area contributed by atoms with Crippen LogP contribution in [0.5, 0.6) is 0 Å². The van der Waals surface area contributed by atoms with Gasteiger partial charge in [0.25, 0.3) is 5.56 Å². The molecule has 3 heterocycles. The Hall–Kier alpha value is -2.18. The normalized spacial score (nSPS) is 23.3. The summed E-state index contributed by atoms with van der Waals surface area (Å²) in [7, 11) is 0. The van der Waals surface area contributed by atoms with Crippen molar-refractivity contribution in [2.24, 2.45) is 5.92 Å². The quantitative estimate of drug-likeness (QED) is 0.822. The van der Waals surface area contributed by atoms with E-state index in [1.165, 1.54) is 0 Å². The Morgan fingerprint density at radius 1 is 1.07 bits per heavy atom. The fraction of sp³-hybridized carbons (Fsp3) is 0.727. The van der Waals surface area contributed by atoms with Crippen molar-refractivity contribution < 1.29 is 9.59 Å². The predicted octanol–water partition coefficient (Wildman–Crippen LogP) is 2.39. The molecule has 158 valence electrons. The van der Waals surface area contributed by atoms with Gasteiger partial charge in [-0.25, -0.2) is 4.98 Å². The summed E-state index contributed by atoms with van der Waals surface area (Å²) in [5.74, 6) is 1.84. The molecule has 4 rings (SSSR count). The van der Waals surface area contributed by atoms with E-state index in [-0.39, 0.29) is 29.2 Å². The summed E-state index contributed by atoms with van der Waals surface area (Å²) in [6.45, 7) is 4.97. The van der Waals surface area contributed by atoms with E-state index in [0.717, 1.165) is 76.1 Å². The van der Waals surface area contributed by atoms with E-state index in [9.17, 15) is 14.4 Å². The van der Waals surface area contributed by atoms with Crippen molar-refractivity contribution in [2.45, 2.75) is 70.1 Å². The molecule has 1 N–H and O–H groups in total. The lowest BCUT2D eigenvalue weighted by Crippen LogP contribution is -2.40. The van der Waals surface area contributed by atoms with Crippen LogP contribution in [0.1, 0.15) is 81.6 Å². The topological polar surface area (TPSA) is 86.4 Å². The van der Waals surface area contributed by atoms with Crippen molar-refractivity contribution in [2.75, 3.05) is 26.2 Å². The largest absolute Gasteiger partial charge is 0.342 e. The fourth-order valence-electron chi connectivity index (χ4n) is 4.68. The van der Waals surface area contributed by atoms with Gasteiger partial charge in [-0.05, 0) is 44.9 Å². The minimum Gasteiger partial charge on any atom is -0.342 e. The molecule has 7 nitrogen and oxygen atoms in total. The molecule has 2 aliphatic heterocycles. The standard InChI is InChI=1S/C22H32N4O3/c1-2-4-20(28)26-10-3-5-17(14-26)18-13-19(27)24-21(23-18)15-8-11-25(12-9-15)22(29)16-6-7-16/h13,15-17H,2-12,14H2,1H3,(H,23,24,27). The minimum atomic E-state index is -0.113. The highest BCUT2D eigenvalue weighted by Gasteiger charge is 2.35. The molecule has 2 saturated heterocycles. The molecular formula is C22H32N4O3. The molecule has 1 aromatic rings. The Morgan fingerprint density at radius 2 is 1.83 bits per heavy atom. The number of hydrogen-bond donors (Lipinski definition) is 1. The minimum absolute atomic E-state index is 0.113. The molecule has 1 aromatic heterocycles. The van der Waals surface area contributed by atoms with Crippen LogP contribution in [-0.2, 0) is 9.59 Å². The Bertz CT molecular complexity index is 809. The molecule has 3 aliphatic rings. The highest BCUT2D eigenvalue weighted by atomic mass is 16.2. The predicted molar refractivity (Wildman–Crippen MR) is 110 cm³/mol. The van der Waals surface area contributed by atoms with Crippen molar-refractivity contribution in [3.8, 4) is 0 Å². The molecule has 1 saturated carbocycles. The van der Waals surface area contributed by atoms with Crippen molar-refractivity contribution in [1.29, 1.82) is 0 Å². The van der Waals surface area contributed by atoms with Crippen LogP contribution in [0.4, 0.5) is 0 Å². The van der Waals surface area contributed by atoms with E-state index in [0.29, 0.717) is 18.9 Å². The number of nitrogens with one attached hydrogen (secondary N) is 1. The average Bonchev–Trinajstić information content (AvgIpc) is 3.59. The number of nitrogens with zero attached hydrogens (tertiary/aromatic N) is 3. The van der Waals surface area contributed by atoms with Gasteiger partial charge in [0.2, 0.25) is 11.8 Å². The first kappa shape index (κ1) is 20.1. The third-order valence-electron chi connectivity index (χ3n) is 6.56. The summed E-state index contributed by atoms with van der Waals surface area (Å²) in [5, 5.41) is 0. The summed E-state index contributed by atoms with van der Waals surface area (Å²) >= 11 is 0. The zero-order valence-corrected chi connectivity index (χ0v) is 17.4. The Kier molecular flexibility index (Phi) is 6.01. The summed E-state index contributed by atoms with van der Waals surface area (Å²) in [6.07, 6.45) is 7.11. The van der Waals surface area contributed by atoms with E-state index in [1.807, 2.05) is 16.7 Å². The highest BCUT2D eigenvalue weighted by molar-refractivity contribution is 5.81. The zero-order valence-electron chi connectivity index (χ0n) is 17.4. The first-order chi connectivity index (χ1) is 14.0. The monoisotopic (exact) mass is 400 g/mol. The second kappa shape index (κ2) is 8.67. The van der Waals surface area contributed by atoms with Crippen LogP contribution in [0.25, 0.3) is 0 Å². The van der Waals surface area contributed by atoms with Crippen LogP contribution in [0, 0.1) is 5.92 Å². The van der Waals surface area contributed by atoms with Crippen LogP contribution >= 0.6 is 0 Å². The summed E-state index contributed by atoms with van der Waals surface area (Å²) in [6, 6.07) is 1.60. The lowest BCUT2D eigenvalue weighted by Gasteiger charge is -2.33. The first-order valence-corrected chi connectivity index (χ1v) is 11.2. The molecule has 0 bridgehead atoms. The fourth-order valence-corrected chi connectivity index (χ4v) is 4.68. The van der Waals surface area contributed by atoms with Gasteiger partial charge in [0.05, 0.1) is 5.69 Å². The number of piperidine rings is 2. The molecule has 1 unspecified atom stereocenters. The third-order valence-corrected chi connectivity index (χ3v) is 6.56. The molecule has 29 heavy (non-hydrogen) atoms. The maximum absolute atomic E-state index is 12.3. The maximum atomic E-state index is 12.3. The molecule has 1 aliphatic carbocycles. The van der Waals surface area contributed by atoms with Crippen LogP contribution in [-0.4, -0.2) is 57.8 Å². The molecule has 7 heteroatoms. The van der Waals surface area contributed by atoms with Crippen molar-refractivity contribution in [1.82, 2.24) is 19.8 Å². The molecule has 0 radical (unpaired) electrons. The van der Waals surface area contributed by atoms with Crippen LogP contribution in [0.2, 0.25) is 0 Å². The number of hydrogen-bond acceptors (Lipinski definition) is 4. The molecule has 3 fully saturated rings. The van der Waals surface area contributed by atoms with Gasteiger partial charge in [-0.1, -0.05) is 6.92 Å². The lowest BCUT2D eigenvalue weighted by atomic mass is 9.92. The number of H-pyrrole nitrogens is 1.